The number of carbonyl (C=O) groups is 1. The molecule has 8 heteroatoms. The summed E-state index contributed by atoms with van der Waals surface area (Å²) in [4.78, 5) is 18.7. The van der Waals surface area contributed by atoms with Crippen molar-refractivity contribution in [2.45, 2.75) is 26.7 Å². The van der Waals surface area contributed by atoms with Crippen molar-refractivity contribution < 1.29 is 18.7 Å². The van der Waals surface area contributed by atoms with Crippen molar-refractivity contribution in [3.63, 3.8) is 0 Å². The maximum absolute atomic E-state index is 10.5. The van der Waals surface area contributed by atoms with Crippen LogP contribution in [0, 0.1) is 13.8 Å². The number of hydrogen-bond acceptors (Lipinski definition) is 8. The second-order valence-electron chi connectivity index (χ2n) is 4.74. The molecule has 0 bridgehead atoms. The number of carbonyl (C=O) groups excluding carboxylic acids is 1. The Morgan fingerprint density at radius 1 is 1.21 bits per heavy atom. The van der Waals surface area contributed by atoms with Crippen LogP contribution < -0.4 is 0 Å². The topological polar surface area (TPSA) is 100 Å². The summed E-state index contributed by atoms with van der Waals surface area (Å²) in [7, 11) is 1.65. The SMILES string of the molecule is C=CC(=O)OCCCCOC.Cc1cnc(-c2nnc(C)o2)cn1. The molecular formula is C16H22N4O4. The highest BCUT2D eigenvalue weighted by Crippen LogP contribution is 2.12. The molecule has 24 heavy (non-hydrogen) atoms. The van der Waals surface area contributed by atoms with E-state index in [1.807, 2.05) is 6.92 Å². The van der Waals surface area contributed by atoms with Crippen LogP contribution in [0.15, 0.2) is 29.5 Å². The summed E-state index contributed by atoms with van der Waals surface area (Å²) in [5, 5.41) is 7.53. The number of hydrogen-bond donors (Lipinski definition) is 0. The Bertz CT molecular complexity index is 625. The van der Waals surface area contributed by atoms with Crippen molar-refractivity contribution in [1.82, 2.24) is 20.2 Å². The Kier molecular flexibility index (Phi) is 8.91. The van der Waals surface area contributed by atoms with Crippen LogP contribution in [-0.2, 0) is 14.3 Å². The number of rotatable bonds is 7. The molecule has 2 aromatic rings. The van der Waals surface area contributed by atoms with Gasteiger partial charge in [0.25, 0.3) is 5.89 Å². The van der Waals surface area contributed by atoms with E-state index in [0.717, 1.165) is 24.6 Å². The van der Waals surface area contributed by atoms with Gasteiger partial charge in [0.05, 0.1) is 18.5 Å². The Morgan fingerprint density at radius 3 is 2.50 bits per heavy atom. The van der Waals surface area contributed by atoms with Gasteiger partial charge in [0.15, 0.2) is 0 Å². The quantitative estimate of drug-likeness (QED) is 0.432. The van der Waals surface area contributed by atoms with Crippen molar-refractivity contribution in [2.75, 3.05) is 20.3 Å². The molecule has 0 unspecified atom stereocenters. The molecule has 0 spiro atoms. The number of ether oxygens (including phenoxy) is 2. The van der Waals surface area contributed by atoms with Crippen LogP contribution in [-0.4, -0.2) is 46.5 Å². The molecule has 2 aromatic heterocycles. The zero-order valence-corrected chi connectivity index (χ0v) is 14.2. The van der Waals surface area contributed by atoms with Gasteiger partial charge in [0, 0.05) is 32.9 Å². The van der Waals surface area contributed by atoms with E-state index in [9.17, 15) is 4.79 Å². The zero-order chi connectivity index (χ0) is 17.8. The lowest BCUT2D eigenvalue weighted by Gasteiger charge is -2.00. The van der Waals surface area contributed by atoms with Gasteiger partial charge in [-0.3, -0.25) is 4.98 Å². The van der Waals surface area contributed by atoms with Crippen LogP contribution in [0.3, 0.4) is 0 Å². The number of esters is 1. The van der Waals surface area contributed by atoms with Crippen molar-refractivity contribution in [2.24, 2.45) is 0 Å². The fourth-order valence-corrected chi connectivity index (χ4v) is 1.48. The van der Waals surface area contributed by atoms with E-state index in [2.05, 4.69) is 26.7 Å². The van der Waals surface area contributed by atoms with E-state index in [4.69, 9.17) is 13.9 Å². The summed E-state index contributed by atoms with van der Waals surface area (Å²) in [6.07, 6.45) is 6.20. The monoisotopic (exact) mass is 334 g/mol. The molecule has 0 aliphatic heterocycles. The largest absolute Gasteiger partial charge is 0.463 e. The highest BCUT2D eigenvalue weighted by atomic mass is 16.5. The van der Waals surface area contributed by atoms with Gasteiger partial charge in [-0.25, -0.2) is 9.78 Å². The van der Waals surface area contributed by atoms with Crippen LogP contribution in [0.5, 0.6) is 0 Å². The van der Waals surface area contributed by atoms with Crippen LogP contribution in [0.4, 0.5) is 0 Å². The molecule has 0 N–H and O–H groups in total. The molecule has 130 valence electrons. The lowest BCUT2D eigenvalue weighted by Crippen LogP contribution is -2.02. The van der Waals surface area contributed by atoms with E-state index in [1.165, 1.54) is 0 Å². The molecule has 0 aromatic carbocycles. The van der Waals surface area contributed by atoms with Gasteiger partial charge in [-0.15, -0.1) is 10.2 Å². The number of aryl methyl sites for hydroxylation is 2. The normalized spacial score (nSPS) is 9.79. The first kappa shape index (κ1) is 19.4. The molecule has 2 heterocycles. The van der Waals surface area contributed by atoms with Crippen molar-refractivity contribution in [1.29, 1.82) is 0 Å². The van der Waals surface area contributed by atoms with Crippen LogP contribution in [0.1, 0.15) is 24.4 Å². The first-order valence-electron chi connectivity index (χ1n) is 7.44. The molecule has 0 saturated carbocycles. The summed E-state index contributed by atoms with van der Waals surface area (Å²) in [6, 6.07) is 0. The Labute approximate surface area is 140 Å². The third-order valence-electron chi connectivity index (χ3n) is 2.68. The minimum atomic E-state index is -0.359. The summed E-state index contributed by atoms with van der Waals surface area (Å²) in [5.41, 5.74) is 1.46. The molecule has 0 saturated heterocycles. The standard InChI is InChI=1S/C8H8N4O.C8H14O3/c1-5-3-10-7(4-9-5)8-12-11-6(2)13-8;1-3-8(9)11-7-5-4-6-10-2/h3-4H,1-2H3;3H,1,4-7H2,2H3. The number of methoxy groups -OCH3 is 1. The second kappa shape index (κ2) is 11.0. The lowest BCUT2D eigenvalue weighted by atomic mass is 10.3. The predicted octanol–water partition coefficient (Wildman–Crippen LogP) is 2.29. The molecule has 0 radical (unpaired) electrons. The number of aromatic nitrogens is 4. The highest BCUT2D eigenvalue weighted by molar-refractivity contribution is 5.81. The average Bonchev–Trinajstić information content (AvgIpc) is 3.02. The second-order valence-corrected chi connectivity index (χ2v) is 4.74. The van der Waals surface area contributed by atoms with Crippen LogP contribution >= 0.6 is 0 Å². The van der Waals surface area contributed by atoms with Crippen molar-refractivity contribution in [3.8, 4) is 11.6 Å². The molecule has 0 aliphatic rings. The van der Waals surface area contributed by atoms with Gasteiger partial charge in [-0.2, -0.15) is 0 Å². The lowest BCUT2D eigenvalue weighted by molar-refractivity contribution is -0.137. The molecule has 8 nitrogen and oxygen atoms in total. The fraction of sp³-hybridized carbons (Fsp3) is 0.438. The van der Waals surface area contributed by atoms with Crippen LogP contribution in [0.2, 0.25) is 0 Å². The van der Waals surface area contributed by atoms with Crippen molar-refractivity contribution in [3.05, 3.63) is 36.6 Å². The van der Waals surface area contributed by atoms with Crippen LogP contribution in [0.25, 0.3) is 11.6 Å². The number of unbranched alkanes of at least 4 members (excludes halogenated alkanes) is 1. The summed E-state index contributed by atoms with van der Waals surface area (Å²) in [5.74, 6) is 0.574. The minimum Gasteiger partial charge on any atom is -0.463 e. The highest BCUT2D eigenvalue weighted by Gasteiger charge is 2.06. The summed E-state index contributed by atoms with van der Waals surface area (Å²) >= 11 is 0. The fourth-order valence-electron chi connectivity index (χ4n) is 1.48. The molecule has 0 fully saturated rings. The maximum atomic E-state index is 10.5. The van der Waals surface area contributed by atoms with E-state index < -0.39 is 0 Å². The van der Waals surface area contributed by atoms with E-state index in [1.54, 1.807) is 26.4 Å². The van der Waals surface area contributed by atoms with Gasteiger partial charge in [-0.1, -0.05) is 6.58 Å². The molecular weight excluding hydrogens is 312 g/mol. The maximum Gasteiger partial charge on any atom is 0.330 e. The Hall–Kier alpha value is -2.61. The van der Waals surface area contributed by atoms with E-state index >= 15 is 0 Å². The zero-order valence-electron chi connectivity index (χ0n) is 14.2. The smallest absolute Gasteiger partial charge is 0.330 e. The van der Waals surface area contributed by atoms with Crippen molar-refractivity contribution >= 4 is 5.97 Å². The minimum absolute atomic E-state index is 0.359. The third kappa shape index (κ3) is 7.59. The van der Waals surface area contributed by atoms with Gasteiger partial charge in [-0.05, 0) is 19.8 Å². The molecule has 0 amide bonds. The van der Waals surface area contributed by atoms with E-state index in [-0.39, 0.29) is 5.97 Å². The van der Waals surface area contributed by atoms with Gasteiger partial charge in [0.2, 0.25) is 5.89 Å². The summed E-state index contributed by atoms with van der Waals surface area (Å²) in [6.45, 7) is 8.05. The van der Waals surface area contributed by atoms with E-state index in [0.29, 0.717) is 30.7 Å². The average molecular weight is 334 g/mol. The summed E-state index contributed by atoms with van der Waals surface area (Å²) < 4.78 is 14.7. The molecule has 0 atom stereocenters. The first-order valence-corrected chi connectivity index (χ1v) is 7.44. The van der Waals surface area contributed by atoms with Gasteiger partial charge >= 0.3 is 5.97 Å². The first-order chi connectivity index (χ1) is 11.6. The Morgan fingerprint density at radius 2 is 1.96 bits per heavy atom. The molecule has 2 rings (SSSR count). The number of nitrogens with zero attached hydrogens (tertiary/aromatic N) is 4. The molecule has 0 aliphatic carbocycles. The van der Waals surface area contributed by atoms with Gasteiger partial charge in [0.1, 0.15) is 5.69 Å². The third-order valence-corrected chi connectivity index (χ3v) is 2.68. The predicted molar refractivity (Wildman–Crippen MR) is 87.1 cm³/mol. The van der Waals surface area contributed by atoms with Gasteiger partial charge < -0.3 is 13.9 Å². The Balaban J connectivity index is 0.000000245.